The van der Waals surface area contributed by atoms with Gasteiger partial charge in [0.1, 0.15) is 0 Å². The van der Waals surface area contributed by atoms with Gasteiger partial charge < -0.3 is 16.4 Å². The maximum atomic E-state index is 12.1. The van der Waals surface area contributed by atoms with Crippen LogP contribution < -0.4 is 16.4 Å². The molecule has 20 heavy (non-hydrogen) atoms. The van der Waals surface area contributed by atoms with Gasteiger partial charge in [-0.15, -0.1) is 0 Å². The zero-order chi connectivity index (χ0) is 15.0. The maximum absolute atomic E-state index is 12.1. The Kier molecular flexibility index (Phi) is 6.73. The second-order valence-electron chi connectivity index (χ2n) is 4.72. The predicted octanol–water partition coefficient (Wildman–Crippen LogP) is 1.29. The monoisotopic (exact) mass is 277 g/mol. The molecule has 1 unspecified atom stereocenters. The number of hydrogen-bond donors (Lipinski definition) is 3. The molecule has 0 bridgehead atoms. The number of para-hydroxylation sites is 1. The summed E-state index contributed by atoms with van der Waals surface area (Å²) in [6.45, 7) is 2.35. The van der Waals surface area contributed by atoms with E-state index in [1.807, 2.05) is 25.1 Å². The van der Waals surface area contributed by atoms with Crippen LogP contribution in [-0.2, 0) is 16.0 Å². The lowest BCUT2D eigenvalue weighted by molar-refractivity contribution is -0.120. The number of nitrogens with two attached hydrogens (primary N) is 1. The number of benzene rings is 1. The van der Waals surface area contributed by atoms with Gasteiger partial charge in [0.15, 0.2) is 0 Å². The number of nitrogens with one attached hydrogen (secondary N) is 2. The maximum Gasteiger partial charge on any atom is 0.228 e. The Morgan fingerprint density at radius 2 is 2.00 bits per heavy atom. The van der Waals surface area contributed by atoms with Crippen molar-refractivity contribution in [3.63, 3.8) is 0 Å². The van der Waals surface area contributed by atoms with E-state index in [4.69, 9.17) is 5.73 Å². The molecule has 0 aromatic heterocycles. The Morgan fingerprint density at radius 1 is 1.30 bits per heavy atom. The fraction of sp³-hybridized carbons (Fsp3) is 0.467. The van der Waals surface area contributed by atoms with Crippen LogP contribution in [0, 0.1) is 5.92 Å². The second kappa shape index (κ2) is 8.32. The standard InChI is InChI=1S/C15H23N3O2/c1-3-6-12(10-16)15(20)18-13-8-5-4-7-11(13)9-14(19)17-2/h4-5,7-8,12H,3,6,9-10,16H2,1-2H3,(H,17,19)(H,18,20). The topological polar surface area (TPSA) is 84.2 Å². The molecule has 1 atom stereocenters. The van der Waals surface area contributed by atoms with Crippen molar-refractivity contribution in [1.82, 2.24) is 5.32 Å². The fourth-order valence-corrected chi connectivity index (χ4v) is 2.00. The molecule has 1 aromatic carbocycles. The number of rotatable bonds is 7. The summed E-state index contributed by atoms with van der Waals surface area (Å²) in [5, 5.41) is 5.45. The van der Waals surface area contributed by atoms with Gasteiger partial charge in [0.05, 0.1) is 12.3 Å². The van der Waals surface area contributed by atoms with E-state index in [1.165, 1.54) is 0 Å². The third-order valence-electron chi connectivity index (χ3n) is 3.20. The van der Waals surface area contributed by atoms with Gasteiger partial charge in [-0.25, -0.2) is 0 Å². The van der Waals surface area contributed by atoms with Crippen molar-refractivity contribution >= 4 is 17.5 Å². The smallest absolute Gasteiger partial charge is 0.228 e. The average Bonchev–Trinajstić information content (AvgIpc) is 2.46. The number of likely N-dealkylation sites (N-methyl/N-ethyl adjacent to an activating group) is 1. The first-order chi connectivity index (χ1) is 9.62. The molecule has 0 radical (unpaired) electrons. The lowest BCUT2D eigenvalue weighted by Crippen LogP contribution is -2.29. The minimum atomic E-state index is -0.187. The molecule has 0 saturated carbocycles. The van der Waals surface area contributed by atoms with Gasteiger partial charge in [0, 0.05) is 19.3 Å². The van der Waals surface area contributed by atoms with Gasteiger partial charge in [0.2, 0.25) is 11.8 Å². The summed E-state index contributed by atoms with van der Waals surface area (Å²) in [6, 6.07) is 7.32. The van der Waals surface area contributed by atoms with Gasteiger partial charge in [-0.2, -0.15) is 0 Å². The first-order valence-corrected chi connectivity index (χ1v) is 6.91. The van der Waals surface area contributed by atoms with Crippen LogP contribution in [0.2, 0.25) is 0 Å². The lowest BCUT2D eigenvalue weighted by atomic mass is 10.0. The molecule has 0 aliphatic rings. The Morgan fingerprint density at radius 3 is 2.60 bits per heavy atom. The molecule has 2 amide bonds. The molecule has 1 rings (SSSR count). The Hall–Kier alpha value is -1.88. The van der Waals surface area contributed by atoms with Crippen molar-refractivity contribution in [1.29, 1.82) is 0 Å². The highest BCUT2D eigenvalue weighted by molar-refractivity contribution is 5.94. The Balaban J connectivity index is 2.81. The third kappa shape index (κ3) is 4.66. The number of hydrogen-bond acceptors (Lipinski definition) is 3. The molecule has 0 heterocycles. The average molecular weight is 277 g/mol. The summed E-state index contributed by atoms with van der Waals surface area (Å²) >= 11 is 0. The van der Waals surface area contributed by atoms with Crippen LogP contribution in [0.5, 0.6) is 0 Å². The summed E-state index contributed by atoms with van der Waals surface area (Å²) in [6.07, 6.45) is 1.92. The first-order valence-electron chi connectivity index (χ1n) is 6.91. The van der Waals surface area contributed by atoms with Gasteiger partial charge in [0.25, 0.3) is 0 Å². The molecule has 0 aliphatic heterocycles. The molecular formula is C15H23N3O2. The van der Waals surface area contributed by atoms with Crippen molar-refractivity contribution in [3.8, 4) is 0 Å². The minimum Gasteiger partial charge on any atom is -0.359 e. The van der Waals surface area contributed by atoms with Crippen LogP contribution in [0.1, 0.15) is 25.3 Å². The summed E-state index contributed by atoms with van der Waals surface area (Å²) in [7, 11) is 1.59. The van der Waals surface area contributed by atoms with E-state index in [0.29, 0.717) is 12.2 Å². The van der Waals surface area contributed by atoms with E-state index in [2.05, 4.69) is 10.6 Å². The van der Waals surface area contributed by atoms with Crippen molar-refractivity contribution in [2.75, 3.05) is 18.9 Å². The molecule has 0 fully saturated rings. The Labute approximate surface area is 119 Å². The predicted molar refractivity (Wildman–Crippen MR) is 80.3 cm³/mol. The second-order valence-corrected chi connectivity index (χ2v) is 4.72. The van der Waals surface area contributed by atoms with Crippen LogP contribution in [0.3, 0.4) is 0 Å². The van der Waals surface area contributed by atoms with Crippen LogP contribution >= 0.6 is 0 Å². The van der Waals surface area contributed by atoms with Crippen molar-refractivity contribution in [2.24, 2.45) is 11.7 Å². The molecule has 0 spiro atoms. The number of carbonyl (C=O) groups excluding carboxylic acids is 2. The van der Waals surface area contributed by atoms with E-state index in [1.54, 1.807) is 13.1 Å². The van der Waals surface area contributed by atoms with E-state index in [0.717, 1.165) is 18.4 Å². The van der Waals surface area contributed by atoms with Gasteiger partial charge in [-0.3, -0.25) is 9.59 Å². The van der Waals surface area contributed by atoms with Crippen molar-refractivity contribution in [3.05, 3.63) is 29.8 Å². The van der Waals surface area contributed by atoms with E-state index in [-0.39, 0.29) is 24.2 Å². The Bertz CT molecular complexity index is 460. The molecule has 110 valence electrons. The summed E-state index contributed by atoms with van der Waals surface area (Å²) < 4.78 is 0. The quantitative estimate of drug-likeness (QED) is 0.702. The van der Waals surface area contributed by atoms with E-state index >= 15 is 0 Å². The fourth-order valence-electron chi connectivity index (χ4n) is 2.00. The summed E-state index contributed by atoms with van der Waals surface area (Å²) in [4.78, 5) is 23.6. The molecule has 0 saturated heterocycles. The minimum absolute atomic E-state index is 0.0845. The number of anilines is 1. The SMILES string of the molecule is CCCC(CN)C(=O)Nc1ccccc1CC(=O)NC. The molecule has 0 aliphatic carbocycles. The molecular weight excluding hydrogens is 254 g/mol. The molecule has 1 aromatic rings. The largest absolute Gasteiger partial charge is 0.359 e. The van der Waals surface area contributed by atoms with Crippen molar-refractivity contribution < 1.29 is 9.59 Å². The number of carbonyl (C=O) groups is 2. The van der Waals surface area contributed by atoms with Gasteiger partial charge in [-0.05, 0) is 18.1 Å². The van der Waals surface area contributed by atoms with E-state index < -0.39 is 0 Å². The molecule has 4 N–H and O–H groups in total. The van der Waals surface area contributed by atoms with Crippen LogP contribution in [0.15, 0.2) is 24.3 Å². The molecule has 5 heteroatoms. The third-order valence-corrected chi connectivity index (χ3v) is 3.20. The summed E-state index contributed by atoms with van der Waals surface area (Å²) in [5.41, 5.74) is 7.10. The highest BCUT2D eigenvalue weighted by Crippen LogP contribution is 2.17. The number of amides is 2. The zero-order valence-electron chi connectivity index (χ0n) is 12.1. The highest BCUT2D eigenvalue weighted by atomic mass is 16.2. The van der Waals surface area contributed by atoms with E-state index in [9.17, 15) is 9.59 Å². The first kappa shape index (κ1) is 16.2. The lowest BCUT2D eigenvalue weighted by Gasteiger charge is -2.16. The zero-order valence-corrected chi connectivity index (χ0v) is 12.1. The highest BCUT2D eigenvalue weighted by Gasteiger charge is 2.17. The van der Waals surface area contributed by atoms with Crippen LogP contribution in [0.25, 0.3) is 0 Å². The van der Waals surface area contributed by atoms with Crippen LogP contribution in [0.4, 0.5) is 5.69 Å². The molecule has 5 nitrogen and oxygen atoms in total. The van der Waals surface area contributed by atoms with Crippen LogP contribution in [-0.4, -0.2) is 25.4 Å². The summed E-state index contributed by atoms with van der Waals surface area (Å²) in [5.74, 6) is -0.359. The van der Waals surface area contributed by atoms with Gasteiger partial charge in [-0.1, -0.05) is 31.5 Å². The van der Waals surface area contributed by atoms with Crippen molar-refractivity contribution in [2.45, 2.75) is 26.2 Å². The normalized spacial score (nSPS) is 11.8. The van der Waals surface area contributed by atoms with Gasteiger partial charge >= 0.3 is 0 Å².